The quantitative estimate of drug-likeness (QED) is 0.143. The molecule has 0 radical (unpaired) electrons. The minimum atomic E-state index is -1.31. The number of hydrogen-bond acceptors (Lipinski definition) is 9. The van der Waals surface area contributed by atoms with Gasteiger partial charge in [0, 0.05) is 6.42 Å². The minimum Gasteiger partial charge on any atom is -0.445 e. The number of carbonyl (C=O) groups is 6. The van der Waals surface area contributed by atoms with E-state index in [9.17, 15) is 28.8 Å². The Balaban J connectivity index is 2.26. The van der Waals surface area contributed by atoms with Crippen molar-refractivity contribution in [1.82, 2.24) is 20.9 Å². The topological polar surface area (TPSA) is 186 Å². The fourth-order valence-electron chi connectivity index (χ4n) is 4.75. The standard InChI is InChI=1S/C36H51N5O8/c1-24(2)30(22-42)41(35(47)49-36(4,5)6)33(45)29(21-26-15-9-7-10-16-26)39-31(43)25(3)38-32(44)28(19-13-14-20-37)40-34(46)48-23-27-17-11-8-12-18-27/h7-12,15-18,22,24-25,28-30H,13-14,19-21,23,37H2,1-6H3,(H,38,44)(H,39,43)(H,40,46)/t25-,28-,29-,30+/m0/s1. The Bertz CT molecular complexity index is 1380. The number of alkyl carbamates (subject to hydrolysis) is 1. The number of benzene rings is 2. The van der Waals surface area contributed by atoms with Gasteiger partial charge in [-0.05, 0) is 70.5 Å². The summed E-state index contributed by atoms with van der Waals surface area (Å²) in [4.78, 5) is 79.8. The zero-order valence-electron chi connectivity index (χ0n) is 29.3. The van der Waals surface area contributed by atoms with Gasteiger partial charge in [-0.25, -0.2) is 14.5 Å². The summed E-state index contributed by atoms with van der Waals surface area (Å²) in [5.41, 5.74) is 6.09. The van der Waals surface area contributed by atoms with E-state index in [1.165, 1.54) is 6.92 Å². The van der Waals surface area contributed by atoms with Crippen LogP contribution in [-0.4, -0.2) is 77.4 Å². The third kappa shape index (κ3) is 14.1. The van der Waals surface area contributed by atoms with E-state index in [0.29, 0.717) is 31.2 Å². The molecule has 13 nitrogen and oxygen atoms in total. The third-order valence-corrected chi connectivity index (χ3v) is 7.37. The summed E-state index contributed by atoms with van der Waals surface area (Å²) < 4.78 is 10.8. The van der Waals surface area contributed by atoms with E-state index in [1.54, 1.807) is 77.1 Å². The predicted octanol–water partition coefficient (Wildman–Crippen LogP) is 3.63. The Labute approximate surface area is 288 Å². The van der Waals surface area contributed by atoms with Crippen LogP contribution in [0.5, 0.6) is 0 Å². The smallest absolute Gasteiger partial charge is 0.417 e. The van der Waals surface area contributed by atoms with Crippen molar-refractivity contribution in [2.45, 2.75) is 104 Å². The number of carbonyl (C=O) groups excluding carboxylic acids is 6. The van der Waals surface area contributed by atoms with E-state index >= 15 is 0 Å². The molecule has 4 atom stereocenters. The number of imide groups is 1. The van der Waals surface area contributed by atoms with Crippen LogP contribution in [0.4, 0.5) is 9.59 Å². The summed E-state index contributed by atoms with van der Waals surface area (Å²) in [6.07, 6.45) is 0.0130. The number of nitrogens with two attached hydrogens (primary N) is 1. The Morgan fingerprint density at radius 2 is 1.41 bits per heavy atom. The maximum Gasteiger partial charge on any atom is 0.417 e. The first kappa shape index (κ1) is 40.4. The Hall–Kier alpha value is -4.78. The molecule has 2 aromatic carbocycles. The van der Waals surface area contributed by atoms with Gasteiger partial charge in [-0.1, -0.05) is 74.5 Å². The van der Waals surface area contributed by atoms with Crippen LogP contribution in [0.1, 0.15) is 71.9 Å². The number of nitrogens with zero attached hydrogens (tertiary/aromatic N) is 1. The number of hydrogen-bond donors (Lipinski definition) is 4. The van der Waals surface area contributed by atoms with Gasteiger partial charge in [-0.3, -0.25) is 14.4 Å². The van der Waals surface area contributed by atoms with Crippen molar-refractivity contribution in [1.29, 1.82) is 0 Å². The molecule has 0 saturated heterocycles. The number of nitrogens with one attached hydrogen (secondary N) is 3. The van der Waals surface area contributed by atoms with E-state index < -0.39 is 65.6 Å². The minimum absolute atomic E-state index is 0.00152. The fraction of sp³-hybridized carbons (Fsp3) is 0.500. The van der Waals surface area contributed by atoms with Crippen molar-refractivity contribution in [2.24, 2.45) is 11.7 Å². The Morgan fingerprint density at radius 3 is 1.94 bits per heavy atom. The van der Waals surface area contributed by atoms with Crippen LogP contribution in [0.25, 0.3) is 0 Å². The Morgan fingerprint density at radius 1 is 0.816 bits per heavy atom. The van der Waals surface area contributed by atoms with Crippen LogP contribution < -0.4 is 21.7 Å². The first-order valence-corrected chi connectivity index (χ1v) is 16.5. The first-order valence-electron chi connectivity index (χ1n) is 16.5. The fourth-order valence-corrected chi connectivity index (χ4v) is 4.75. The molecule has 2 aromatic rings. The lowest BCUT2D eigenvalue weighted by atomic mass is 10.00. The monoisotopic (exact) mass is 681 g/mol. The second-order valence-electron chi connectivity index (χ2n) is 13.1. The van der Waals surface area contributed by atoms with Crippen LogP contribution in [-0.2, 0) is 41.7 Å². The van der Waals surface area contributed by atoms with Crippen LogP contribution in [0.3, 0.4) is 0 Å². The SMILES string of the molecule is CC(C)[C@@H](C=O)N(C(=O)OC(C)(C)C)C(=O)[C@H](Cc1ccccc1)NC(=O)[C@H](C)NC(=O)[C@H](CCCCN)NC(=O)OCc1ccccc1. The van der Waals surface area contributed by atoms with Gasteiger partial charge in [-0.15, -0.1) is 0 Å². The van der Waals surface area contributed by atoms with Gasteiger partial charge in [-0.2, -0.15) is 0 Å². The van der Waals surface area contributed by atoms with E-state index in [0.717, 1.165) is 10.5 Å². The van der Waals surface area contributed by atoms with Crippen LogP contribution in [0.2, 0.25) is 0 Å². The second kappa shape index (κ2) is 19.9. The van der Waals surface area contributed by atoms with Crippen molar-refractivity contribution < 1.29 is 38.2 Å². The predicted molar refractivity (Wildman–Crippen MR) is 184 cm³/mol. The zero-order chi connectivity index (χ0) is 36.6. The molecular weight excluding hydrogens is 630 g/mol. The zero-order valence-corrected chi connectivity index (χ0v) is 29.3. The lowest BCUT2D eigenvalue weighted by Gasteiger charge is -2.34. The van der Waals surface area contributed by atoms with Crippen molar-refractivity contribution in [3.8, 4) is 0 Å². The molecule has 0 bridgehead atoms. The lowest BCUT2D eigenvalue weighted by molar-refractivity contribution is -0.140. The number of amides is 5. The number of unbranched alkanes of at least 4 members (excludes halogenated alkanes) is 1. The summed E-state index contributed by atoms with van der Waals surface area (Å²) >= 11 is 0. The molecule has 0 heterocycles. The molecule has 5 N–H and O–H groups in total. The average molecular weight is 682 g/mol. The van der Waals surface area contributed by atoms with E-state index in [1.807, 2.05) is 18.2 Å². The molecule has 268 valence electrons. The van der Waals surface area contributed by atoms with E-state index in [2.05, 4.69) is 16.0 Å². The third-order valence-electron chi connectivity index (χ3n) is 7.37. The highest BCUT2D eigenvalue weighted by molar-refractivity contribution is 6.00. The molecule has 0 aliphatic rings. The van der Waals surface area contributed by atoms with Gasteiger partial charge < -0.3 is 36.0 Å². The highest BCUT2D eigenvalue weighted by Crippen LogP contribution is 2.18. The molecule has 49 heavy (non-hydrogen) atoms. The lowest BCUT2D eigenvalue weighted by Crippen LogP contribution is -2.59. The molecule has 2 rings (SSSR count). The number of aldehydes is 1. The van der Waals surface area contributed by atoms with Crippen molar-refractivity contribution >= 4 is 36.2 Å². The van der Waals surface area contributed by atoms with Crippen molar-refractivity contribution in [3.63, 3.8) is 0 Å². The van der Waals surface area contributed by atoms with E-state index in [4.69, 9.17) is 15.2 Å². The molecule has 0 spiro atoms. The highest BCUT2D eigenvalue weighted by Gasteiger charge is 2.39. The second-order valence-corrected chi connectivity index (χ2v) is 13.1. The molecule has 0 fully saturated rings. The molecule has 0 saturated carbocycles. The first-order chi connectivity index (χ1) is 23.2. The number of ether oxygens (including phenoxy) is 2. The van der Waals surface area contributed by atoms with Crippen LogP contribution >= 0.6 is 0 Å². The molecule has 0 aliphatic heterocycles. The number of rotatable bonds is 17. The summed E-state index contributed by atoms with van der Waals surface area (Å²) in [6, 6.07) is 13.2. The molecule has 13 heteroatoms. The maximum atomic E-state index is 14.1. The molecule has 0 aromatic heterocycles. The largest absolute Gasteiger partial charge is 0.445 e. The molecular formula is C36H51N5O8. The van der Waals surface area contributed by atoms with Crippen molar-refractivity contribution in [2.75, 3.05) is 6.54 Å². The summed E-state index contributed by atoms with van der Waals surface area (Å²) in [5.74, 6) is -2.67. The van der Waals surface area contributed by atoms with Gasteiger partial charge in [0.05, 0.1) is 0 Å². The van der Waals surface area contributed by atoms with Gasteiger partial charge in [0.15, 0.2) is 0 Å². The molecule has 0 unspecified atom stereocenters. The summed E-state index contributed by atoms with van der Waals surface area (Å²) in [6.45, 7) is 10.1. The summed E-state index contributed by atoms with van der Waals surface area (Å²) in [5, 5.41) is 7.83. The maximum absolute atomic E-state index is 14.1. The van der Waals surface area contributed by atoms with Gasteiger partial charge >= 0.3 is 12.2 Å². The van der Waals surface area contributed by atoms with Gasteiger partial charge in [0.1, 0.15) is 42.7 Å². The van der Waals surface area contributed by atoms with Crippen molar-refractivity contribution in [3.05, 3.63) is 71.8 Å². The molecule has 5 amide bonds. The van der Waals surface area contributed by atoms with Gasteiger partial charge in [0.25, 0.3) is 5.91 Å². The molecule has 0 aliphatic carbocycles. The normalized spacial score (nSPS) is 13.6. The van der Waals surface area contributed by atoms with E-state index in [-0.39, 0.29) is 19.4 Å². The highest BCUT2D eigenvalue weighted by atomic mass is 16.6. The van der Waals surface area contributed by atoms with Gasteiger partial charge in [0.2, 0.25) is 11.8 Å². The van der Waals surface area contributed by atoms with Crippen LogP contribution in [0.15, 0.2) is 60.7 Å². The Kier molecular flexibility index (Phi) is 16.4. The average Bonchev–Trinajstić information content (AvgIpc) is 3.05. The van der Waals surface area contributed by atoms with Crippen LogP contribution in [0, 0.1) is 5.92 Å². The summed E-state index contributed by atoms with van der Waals surface area (Å²) in [7, 11) is 0.